The molecule has 0 saturated carbocycles. The molecule has 4 nitrogen and oxygen atoms in total. The molecule has 2 rings (SSSR count). The first-order chi connectivity index (χ1) is 8.00. The highest BCUT2D eigenvalue weighted by atomic mass is 32.2. The van der Waals surface area contributed by atoms with Gasteiger partial charge < -0.3 is 0 Å². The molecule has 17 heavy (non-hydrogen) atoms. The second-order valence-corrected chi connectivity index (χ2v) is 4.08. The monoisotopic (exact) mass is 252 g/mol. The van der Waals surface area contributed by atoms with Crippen molar-refractivity contribution in [3.05, 3.63) is 72.8 Å². The maximum atomic E-state index is 9.19. The van der Waals surface area contributed by atoms with Crippen LogP contribution in [-0.2, 0) is 10.2 Å². The molecule has 0 atom stereocenters. The van der Waals surface area contributed by atoms with E-state index in [0.717, 1.165) is 0 Å². The van der Waals surface area contributed by atoms with E-state index in [1.165, 1.54) is 0 Å². The van der Waals surface area contributed by atoms with E-state index in [2.05, 4.69) is 10.3 Å². The Balaban J connectivity index is 0.000000228. The van der Waals surface area contributed by atoms with Crippen LogP contribution in [0.25, 0.3) is 0 Å². The van der Waals surface area contributed by atoms with Gasteiger partial charge in [-0.05, 0) is 0 Å². The number of hydrogen-bond donors (Lipinski definition) is 2. The second-order valence-electron chi connectivity index (χ2n) is 2.90. The molecule has 0 saturated heterocycles. The molecule has 2 aromatic carbocycles. The molecule has 0 aliphatic carbocycles. The molecule has 0 spiro atoms. The van der Waals surface area contributed by atoms with Crippen LogP contribution in [0.3, 0.4) is 0 Å². The van der Waals surface area contributed by atoms with E-state index in [0.29, 0.717) is 0 Å². The van der Waals surface area contributed by atoms with Gasteiger partial charge in [-0.25, -0.2) is 10.3 Å². The Labute approximate surface area is 102 Å². The Hall–Kier alpha value is -1.69. The zero-order chi connectivity index (χ0) is 13.0. The van der Waals surface area contributed by atoms with Gasteiger partial charge in [0.15, 0.2) is 0 Å². The van der Waals surface area contributed by atoms with Crippen molar-refractivity contribution in [3.63, 3.8) is 0 Å². The third-order valence-corrected chi connectivity index (χ3v) is 1.33. The summed E-state index contributed by atoms with van der Waals surface area (Å²) < 4.78 is 18.4. The molecule has 0 aliphatic rings. The second kappa shape index (κ2) is 9.53. The smallest absolute Gasteiger partial charge is 0.216 e. The number of benzene rings is 2. The van der Waals surface area contributed by atoms with Crippen molar-refractivity contribution < 1.29 is 8.42 Å². The molecule has 0 aromatic heterocycles. The van der Waals surface area contributed by atoms with Crippen LogP contribution in [0.15, 0.2) is 72.8 Å². The predicted molar refractivity (Wildman–Crippen MR) is 70.2 cm³/mol. The molecule has 0 heterocycles. The summed E-state index contributed by atoms with van der Waals surface area (Å²) in [5, 5.41) is 8.21. The number of nitrogens with two attached hydrogens (primary N) is 2. The first kappa shape index (κ1) is 15.3. The normalized spacial score (nSPS) is 9.06. The molecule has 0 amide bonds. The molecule has 4 N–H and O–H groups in total. The van der Waals surface area contributed by atoms with Crippen LogP contribution < -0.4 is 10.3 Å². The maximum Gasteiger partial charge on any atom is 0.271 e. The lowest BCUT2D eigenvalue weighted by atomic mass is 10.4. The minimum atomic E-state index is -3.67. The highest BCUT2D eigenvalue weighted by Gasteiger charge is 1.78. The van der Waals surface area contributed by atoms with Gasteiger partial charge in [-0.15, -0.1) is 0 Å². The average Bonchev–Trinajstić information content (AvgIpc) is 2.32. The fourth-order valence-electron chi connectivity index (χ4n) is 0.770. The summed E-state index contributed by atoms with van der Waals surface area (Å²) in [4.78, 5) is 0. The third-order valence-electron chi connectivity index (χ3n) is 1.33. The van der Waals surface area contributed by atoms with Gasteiger partial charge in [0.05, 0.1) is 0 Å². The van der Waals surface area contributed by atoms with Crippen LogP contribution >= 0.6 is 0 Å². The minimum absolute atomic E-state index is 2.00. The van der Waals surface area contributed by atoms with Crippen molar-refractivity contribution in [3.8, 4) is 0 Å². The number of rotatable bonds is 0. The van der Waals surface area contributed by atoms with Crippen LogP contribution in [0.1, 0.15) is 0 Å². The van der Waals surface area contributed by atoms with E-state index in [-0.39, 0.29) is 0 Å². The third kappa shape index (κ3) is 20.4. The fourth-order valence-corrected chi connectivity index (χ4v) is 0.770. The lowest BCUT2D eigenvalue weighted by molar-refractivity contribution is 0.599. The van der Waals surface area contributed by atoms with Crippen LogP contribution in [0.5, 0.6) is 0 Å². The van der Waals surface area contributed by atoms with Crippen molar-refractivity contribution >= 4 is 10.2 Å². The summed E-state index contributed by atoms with van der Waals surface area (Å²) in [5.41, 5.74) is 0. The Morgan fingerprint density at radius 3 is 0.588 bits per heavy atom. The van der Waals surface area contributed by atoms with E-state index in [1.54, 1.807) is 0 Å². The van der Waals surface area contributed by atoms with Gasteiger partial charge in [-0.1, -0.05) is 72.8 Å². The maximum absolute atomic E-state index is 9.19. The lowest BCUT2D eigenvalue weighted by Crippen LogP contribution is -2.21. The Bertz CT molecular complexity index is 365. The van der Waals surface area contributed by atoms with Crippen LogP contribution in [-0.4, -0.2) is 8.42 Å². The number of hydrogen-bond acceptors (Lipinski definition) is 2. The van der Waals surface area contributed by atoms with Gasteiger partial charge in [-0.2, -0.15) is 8.42 Å². The van der Waals surface area contributed by atoms with Gasteiger partial charge in [0.25, 0.3) is 10.2 Å². The standard InChI is InChI=1S/2C6H6.H4N2O2S/c2*1-2-4-6-5-3-1;1-5(2,3)4/h2*1-6H;(H4,1,2,3,4). The summed E-state index contributed by atoms with van der Waals surface area (Å²) in [6, 6.07) is 24.0. The molecular formula is C12H16N2O2S. The zero-order valence-corrected chi connectivity index (χ0v) is 10.1. The molecule has 2 aromatic rings. The molecule has 5 heteroatoms. The SMILES string of the molecule is NS(N)(=O)=O.c1ccccc1.c1ccccc1. The van der Waals surface area contributed by atoms with E-state index < -0.39 is 10.2 Å². The van der Waals surface area contributed by atoms with Crippen molar-refractivity contribution in [2.45, 2.75) is 0 Å². The lowest BCUT2D eigenvalue weighted by Gasteiger charge is -1.72. The minimum Gasteiger partial charge on any atom is -0.216 e. The van der Waals surface area contributed by atoms with E-state index in [1.807, 2.05) is 72.8 Å². The Kier molecular flexibility index (Phi) is 8.58. The van der Waals surface area contributed by atoms with Crippen molar-refractivity contribution in [2.75, 3.05) is 0 Å². The van der Waals surface area contributed by atoms with Gasteiger partial charge in [0.2, 0.25) is 0 Å². The molecule has 92 valence electrons. The molecule has 0 fully saturated rings. The van der Waals surface area contributed by atoms with Crippen LogP contribution in [0.4, 0.5) is 0 Å². The summed E-state index contributed by atoms with van der Waals surface area (Å²) in [7, 11) is -3.67. The van der Waals surface area contributed by atoms with Gasteiger partial charge in [0.1, 0.15) is 0 Å². The highest BCUT2D eigenvalue weighted by molar-refractivity contribution is 7.86. The molecule has 0 aliphatic heterocycles. The van der Waals surface area contributed by atoms with Crippen LogP contribution in [0, 0.1) is 0 Å². The van der Waals surface area contributed by atoms with Gasteiger partial charge in [-0.3, -0.25) is 0 Å². The Morgan fingerprint density at radius 1 is 0.471 bits per heavy atom. The fraction of sp³-hybridized carbons (Fsp3) is 0. The van der Waals surface area contributed by atoms with Gasteiger partial charge >= 0.3 is 0 Å². The molecular weight excluding hydrogens is 236 g/mol. The summed E-state index contributed by atoms with van der Waals surface area (Å²) in [6.07, 6.45) is 0. The van der Waals surface area contributed by atoms with Crippen molar-refractivity contribution in [1.82, 2.24) is 0 Å². The largest absolute Gasteiger partial charge is 0.271 e. The molecule has 0 bridgehead atoms. The summed E-state index contributed by atoms with van der Waals surface area (Å²) in [5.74, 6) is 0. The topological polar surface area (TPSA) is 86.2 Å². The first-order valence-electron chi connectivity index (χ1n) is 4.80. The van der Waals surface area contributed by atoms with E-state index in [9.17, 15) is 8.42 Å². The Morgan fingerprint density at radius 2 is 0.529 bits per heavy atom. The molecule has 0 unspecified atom stereocenters. The predicted octanol–water partition coefficient (Wildman–Crippen LogP) is 1.52. The van der Waals surface area contributed by atoms with Crippen molar-refractivity contribution in [1.29, 1.82) is 0 Å². The quantitative estimate of drug-likeness (QED) is 0.744. The van der Waals surface area contributed by atoms with Gasteiger partial charge in [0, 0.05) is 0 Å². The first-order valence-corrected chi connectivity index (χ1v) is 6.41. The van der Waals surface area contributed by atoms with E-state index in [4.69, 9.17) is 0 Å². The zero-order valence-electron chi connectivity index (χ0n) is 9.31. The summed E-state index contributed by atoms with van der Waals surface area (Å²) in [6.45, 7) is 0. The van der Waals surface area contributed by atoms with E-state index >= 15 is 0 Å². The molecule has 0 radical (unpaired) electrons. The highest BCUT2D eigenvalue weighted by Crippen LogP contribution is 1.80. The summed E-state index contributed by atoms with van der Waals surface area (Å²) >= 11 is 0. The van der Waals surface area contributed by atoms with Crippen molar-refractivity contribution in [2.24, 2.45) is 10.3 Å². The average molecular weight is 252 g/mol. The van der Waals surface area contributed by atoms with Crippen LogP contribution in [0.2, 0.25) is 0 Å².